The topological polar surface area (TPSA) is 47.6 Å². The zero-order valence-electron chi connectivity index (χ0n) is 14.6. The molecule has 2 aliphatic rings. The SMILES string of the molecule is CC(C)(C)S(=O)NC1(c2ccccc2Cl)CCCCC12OCCO2. The molecule has 2 atom stereocenters. The summed E-state index contributed by atoms with van der Waals surface area (Å²) in [4.78, 5) is 0. The van der Waals surface area contributed by atoms with Crippen molar-refractivity contribution in [2.45, 2.75) is 62.5 Å². The standard InChI is InChI=1S/C18H26ClNO3S/c1-16(2,3)24(21)20-17(14-8-4-5-9-15(14)19)10-6-7-11-18(17)22-12-13-23-18/h4-5,8-9,20H,6-7,10-13H2,1-3H3. The van der Waals surface area contributed by atoms with E-state index in [9.17, 15) is 4.21 Å². The van der Waals surface area contributed by atoms with Crippen LogP contribution in [0.2, 0.25) is 5.02 Å². The molecule has 2 unspecified atom stereocenters. The van der Waals surface area contributed by atoms with Gasteiger partial charge >= 0.3 is 0 Å². The van der Waals surface area contributed by atoms with E-state index < -0.39 is 27.1 Å². The minimum atomic E-state index is -1.27. The number of ether oxygens (including phenoxy) is 2. The third kappa shape index (κ3) is 3.06. The van der Waals surface area contributed by atoms with E-state index in [2.05, 4.69) is 4.72 Å². The van der Waals surface area contributed by atoms with Crippen LogP contribution in [0.1, 0.15) is 52.0 Å². The highest BCUT2D eigenvalue weighted by Gasteiger charge is 2.59. The van der Waals surface area contributed by atoms with Crippen molar-refractivity contribution < 1.29 is 13.7 Å². The maximum Gasteiger partial charge on any atom is 0.191 e. The van der Waals surface area contributed by atoms with Gasteiger partial charge in [0, 0.05) is 11.4 Å². The Hall–Kier alpha value is -0.460. The molecule has 1 heterocycles. The Morgan fingerprint density at radius 1 is 1.12 bits per heavy atom. The predicted molar refractivity (Wildman–Crippen MR) is 97.3 cm³/mol. The lowest BCUT2D eigenvalue weighted by Gasteiger charge is -2.51. The van der Waals surface area contributed by atoms with E-state index in [1.165, 1.54) is 0 Å². The Labute approximate surface area is 151 Å². The molecule has 1 aliphatic heterocycles. The lowest BCUT2D eigenvalue weighted by Crippen LogP contribution is -2.64. The van der Waals surface area contributed by atoms with Crippen LogP contribution in [0.3, 0.4) is 0 Å². The molecular formula is C18H26ClNO3S. The fraction of sp³-hybridized carbons (Fsp3) is 0.667. The highest BCUT2D eigenvalue weighted by Crippen LogP contribution is 2.51. The van der Waals surface area contributed by atoms with Gasteiger partial charge in [0.1, 0.15) is 5.54 Å². The third-order valence-corrected chi connectivity index (χ3v) is 6.84. The number of nitrogens with one attached hydrogen (secondary N) is 1. The van der Waals surface area contributed by atoms with Crippen LogP contribution in [0, 0.1) is 0 Å². The minimum absolute atomic E-state index is 0.397. The van der Waals surface area contributed by atoms with Gasteiger partial charge in [-0.2, -0.15) is 0 Å². The van der Waals surface area contributed by atoms with Gasteiger partial charge in [-0.3, -0.25) is 0 Å². The normalized spacial score (nSPS) is 28.2. The van der Waals surface area contributed by atoms with Gasteiger partial charge in [-0.1, -0.05) is 36.2 Å². The van der Waals surface area contributed by atoms with Gasteiger partial charge in [0.05, 0.1) is 28.9 Å². The first kappa shape index (κ1) is 18.3. The fourth-order valence-corrected chi connectivity index (χ4v) is 4.93. The molecule has 2 fully saturated rings. The van der Waals surface area contributed by atoms with Crippen LogP contribution in [-0.4, -0.2) is 28.0 Å². The van der Waals surface area contributed by atoms with Crippen LogP contribution in [0.5, 0.6) is 0 Å². The van der Waals surface area contributed by atoms with E-state index in [0.29, 0.717) is 18.2 Å². The molecule has 1 saturated heterocycles. The van der Waals surface area contributed by atoms with Crippen LogP contribution < -0.4 is 4.72 Å². The van der Waals surface area contributed by atoms with Gasteiger partial charge in [-0.25, -0.2) is 8.93 Å². The number of hydrogen-bond donors (Lipinski definition) is 1. The largest absolute Gasteiger partial charge is 0.345 e. The highest BCUT2D eigenvalue weighted by molar-refractivity contribution is 7.84. The molecule has 134 valence electrons. The van der Waals surface area contributed by atoms with E-state index in [0.717, 1.165) is 31.2 Å². The van der Waals surface area contributed by atoms with Crippen LogP contribution in [-0.2, 0) is 26.0 Å². The Kier molecular flexibility index (Phi) is 5.11. The van der Waals surface area contributed by atoms with Gasteiger partial charge in [-0.05, 0) is 45.2 Å². The summed E-state index contributed by atoms with van der Waals surface area (Å²) in [6.45, 7) is 6.99. The summed E-state index contributed by atoms with van der Waals surface area (Å²) in [6.07, 6.45) is 3.58. The molecular weight excluding hydrogens is 346 g/mol. The molecule has 0 aromatic heterocycles. The summed E-state index contributed by atoms with van der Waals surface area (Å²) in [7, 11) is -1.27. The molecule has 0 amide bonds. The molecule has 6 heteroatoms. The molecule has 1 N–H and O–H groups in total. The predicted octanol–water partition coefficient (Wildman–Crippen LogP) is 3.90. The van der Waals surface area contributed by atoms with E-state index in [4.69, 9.17) is 21.1 Å². The average molecular weight is 372 g/mol. The second-order valence-corrected chi connectivity index (χ2v) is 9.90. The molecule has 0 radical (unpaired) electrons. The quantitative estimate of drug-likeness (QED) is 0.876. The molecule has 3 rings (SSSR count). The first-order chi connectivity index (χ1) is 11.3. The van der Waals surface area contributed by atoms with Crippen molar-refractivity contribution in [3.05, 3.63) is 34.9 Å². The number of hydrogen-bond acceptors (Lipinski definition) is 3. The molecule has 1 saturated carbocycles. The summed E-state index contributed by atoms with van der Waals surface area (Å²) < 4.78 is 28.3. The van der Waals surface area contributed by atoms with Gasteiger partial charge < -0.3 is 9.47 Å². The first-order valence-electron chi connectivity index (χ1n) is 8.53. The molecule has 1 aromatic carbocycles. The summed E-state index contributed by atoms with van der Waals surface area (Å²) in [6, 6.07) is 7.74. The summed E-state index contributed by atoms with van der Waals surface area (Å²) in [5, 5.41) is 0.649. The Bertz CT molecular complexity index is 625. The monoisotopic (exact) mass is 371 g/mol. The summed E-state index contributed by atoms with van der Waals surface area (Å²) in [5.74, 6) is -0.808. The Balaban J connectivity index is 2.13. The van der Waals surface area contributed by atoms with E-state index in [-0.39, 0.29) is 0 Å². The van der Waals surface area contributed by atoms with Gasteiger partial charge in [0.15, 0.2) is 5.79 Å². The van der Waals surface area contributed by atoms with Crippen molar-refractivity contribution in [2.24, 2.45) is 0 Å². The fourth-order valence-electron chi connectivity index (χ4n) is 3.64. The van der Waals surface area contributed by atoms with E-state index in [1.807, 2.05) is 45.0 Å². The molecule has 1 aliphatic carbocycles. The molecule has 24 heavy (non-hydrogen) atoms. The van der Waals surface area contributed by atoms with Crippen molar-refractivity contribution >= 4 is 22.6 Å². The second-order valence-electron chi connectivity index (χ2n) is 7.53. The number of benzene rings is 1. The van der Waals surface area contributed by atoms with Crippen molar-refractivity contribution in [2.75, 3.05) is 13.2 Å². The van der Waals surface area contributed by atoms with Gasteiger partial charge in [0.2, 0.25) is 0 Å². The Morgan fingerprint density at radius 3 is 2.38 bits per heavy atom. The Morgan fingerprint density at radius 2 is 1.75 bits per heavy atom. The lowest BCUT2D eigenvalue weighted by molar-refractivity contribution is -0.230. The average Bonchev–Trinajstić information content (AvgIpc) is 2.99. The van der Waals surface area contributed by atoms with Crippen LogP contribution >= 0.6 is 11.6 Å². The molecule has 1 aromatic rings. The maximum absolute atomic E-state index is 13.0. The number of halogens is 1. The molecule has 0 bridgehead atoms. The zero-order chi connectivity index (χ0) is 17.4. The smallest absolute Gasteiger partial charge is 0.191 e. The summed E-state index contributed by atoms with van der Waals surface area (Å²) >= 11 is 6.56. The third-order valence-electron chi connectivity index (χ3n) is 4.87. The van der Waals surface area contributed by atoms with Crippen molar-refractivity contribution in [3.63, 3.8) is 0 Å². The lowest BCUT2D eigenvalue weighted by atomic mass is 9.72. The first-order valence-corrected chi connectivity index (χ1v) is 10.1. The maximum atomic E-state index is 13.0. The minimum Gasteiger partial charge on any atom is -0.345 e. The van der Waals surface area contributed by atoms with E-state index >= 15 is 0 Å². The van der Waals surface area contributed by atoms with Crippen molar-refractivity contribution in [1.82, 2.24) is 4.72 Å². The second kappa shape index (κ2) is 6.69. The zero-order valence-corrected chi connectivity index (χ0v) is 16.1. The van der Waals surface area contributed by atoms with Crippen LogP contribution in [0.15, 0.2) is 24.3 Å². The molecule has 1 spiro atoms. The number of rotatable bonds is 3. The van der Waals surface area contributed by atoms with Crippen LogP contribution in [0.25, 0.3) is 0 Å². The van der Waals surface area contributed by atoms with Gasteiger partial charge in [-0.15, -0.1) is 0 Å². The molecule has 4 nitrogen and oxygen atoms in total. The highest BCUT2D eigenvalue weighted by atomic mass is 35.5. The summed E-state index contributed by atoms with van der Waals surface area (Å²) in [5.41, 5.74) is 0.198. The van der Waals surface area contributed by atoms with Crippen molar-refractivity contribution in [1.29, 1.82) is 0 Å². The van der Waals surface area contributed by atoms with Gasteiger partial charge in [0.25, 0.3) is 0 Å². The van der Waals surface area contributed by atoms with Crippen LogP contribution in [0.4, 0.5) is 0 Å². The van der Waals surface area contributed by atoms with Crippen molar-refractivity contribution in [3.8, 4) is 0 Å². The van der Waals surface area contributed by atoms with E-state index in [1.54, 1.807) is 0 Å².